The SMILES string of the molecule is CS(=O)CCNC(=O)C1COc2ccc(S(N)(=O)=O)cc21. The number of benzene rings is 1. The summed E-state index contributed by atoms with van der Waals surface area (Å²) >= 11 is 0. The fraction of sp³-hybridized carbons (Fsp3) is 0.417. The van der Waals surface area contributed by atoms with Crippen LogP contribution in [-0.4, -0.2) is 43.7 Å². The molecule has 1 aliphatic heterocycles. The number of ether oxygens (including phenoxy) is 1. The van der Waals surface area contributed by atoms with Crippen molar-refractivity contribution >= 4 is 26.7 Å². The molecule has 0 aliphatic carbocycles. The van der Waals surface area contributed by atoms with E-state index in [1.807, 2.05) is 0 Å². The third-order valence-electron chi connectivity index (χ3n) is 3.10. The monoisotopic (exact) mass is 332 g/mol. The van der Waals surface area contributed by atoms with E-state index >= 15 is 0 Å². The minimum absolute atomic E-state index is 0.0563. The molecule has 21 heavy (non-hydrogen) atoms. The number of fused-ring (bicyclic) bond motifs is 1. The predicted octanol–water partition coefficient (Wildman–Crippen LogP) is -0.695. The molecule has 0 bridgehead atoms. The van der Waals surface area contributed by atoms with Gasteiger partial charge in [-0.1, -0.05) is 0 Å². The third-order valence-corrected chi connectivity index (χ3v) is 4.79. The van der Waals surface area contributed by atoms with Gasteiger partial charge in [-0.3, -0.25) is 9.00 Å². The zero-order chi connectivity index (χ0) is 15.6. The Bertz CT molecular complexity index is 687. The molecule has 1 aromatic rings. The van der Waals surface area contributed by atoms with Gasteiger partial charge in [0.15, 0.2) is 0 Å². The van der Waals surface area contributed by atoms with Gasteiger partial charge in [-0.25, -0.2) is 13.6 Å². The van der Waals surface area contributed by atoms with Gasteiger partial charge in [0.2, 0.25) is 15.9 Å². The van der Waals surface area contributed by atoms with Crippen molar-refractivity contribution in [3.8, 4) is 5.75 Å². The van der Waals surface area contributed by atoms with Crippen molar-refractivity contribution in [3.05, 3.63) is 23.8 Å². The maximum Gasteiger partial charge on any atom is 0.238 e. The van der Waals surface area contributed by atoms with Crippen LogP contribution in [0.3, 0.4) is 0 Å². The van der Waals surface area contributed by atoms with E-state index in [-0.39, 0.29) is 17.4 Å². The van der Waals surface area contributed by atoms with Gasteiger partial charge in [0.25, 0.3) is 0 Å². The van der Waals surface area contributed by atoms with Crippen molar-refractivity contribution in [1.29, 1.82) is 0 Å². The van der Waals surface area contributed by atoms with E-state index in [0.29, 0.717) is 23.6 Å². The summed E-state index contributed by atoms with van der Waals surface area (Å²) in [5.41, 5.74) is 0.497. The lowest BCUT2D eigenvalue weighted by Crippen LogP contribution is -2.33. The number of primary sulfonamides is 1. The van der Waals surface area contributed by atoms with Gasteiger partial charge in [0.1, 0.15) is 18.3 Å². The van der Waals surface area contributed by atoms with Crippen LogP contribution in [-0.2, 0) is 25.6 Å². The lowest BCUT2D eigenvalue weighted by atomic mass is 10.0. The van der Waals surface area contributed by atoms with Crippen LogP contribution >= 0.6 is 0 Å². The number of hydrogen-bond donors (Lipinski definition) is 2. The molecule has 1 aromatic carbocycles. The Hall–Kier alpha value is -1.45. The number of nitrogens with one attached hydrogen (secondary N) is 1. The predicted molar refractivity (Wildman–Crippen MR) is 78.0 cm³/mol. The fourth-order valence-corrected chi connectivity index (χ4v) is 2.97. The second kappa shape index (κ2) is 6.12. The van der Waals surface area contributed by atoms with Gasteiger partial charge >= 0.3 is 0 Å². The highest BCUT2D eigenvalue weighted by Crippen LogP contribution is 2.35. The molecule has 0 aromatic heterocycles. The molecule has 0 radical (unpaired) electrons. The highest BCUT2D eigenvalue weighted by Gasteiger charge is 2.31. The zero-order valence-electron chi connectivity index (χ0n) is 11.4. The van der Waals surface area contributed by atoms with Gasteiger partial charge < -0.3 is 10.1 Å². The molecule has 3 N–H and O–H groups in total. The van der Waals surface area contributed by atoms with Crippen LogP contribution in [0.15, 0.2) is 23.1 Å². The number of rotatable bonds is 5. The van der Waals surface area contributed by atoms with Crippen LogP contribution < -0.4 is 15.2 Å². The van der Waals surface area contributed by atoms with Crippen LogP contribution in [0.25, 0.3) is 0 Å². The molecule has 9 heteroatoms. The Morgan fingerprint density at radius 2 is 2.24 bits per heavy atom. The normalized spacial score (nSPS) is 18.7. The summed E-state index contributed by atoms with van der Waals surface area (Å²) in [5.74, 6) is -0.0389. The van der Waals surface area contributed by atoms with Crippen LogP contribution in [0.5, 0.6) is 5.75 Å². The quantitative estimate of drug-likeness (QED) is 0.740. The van der Waals surface area contributed by atoms with Crippen molar-refractivity contribution in [2.45, 2.75) is 10.8 Å². The van der Waals surface area contributed by atoms with Crippen molar-refractivity contribution in [3.63, 3.8) is 0 Å². The van der Waals surface area contributed by atoms with Crippen LogP contribution in [0.4, 0.5) is 0 Å². The van der Waals surface area contributed by atoms with E-state index in [2.05, 4.69) is 5.32 Å². The lowest BCUT2D eigenvalue weighted by Gasteiger charge is -2.10. The summed E-state index contributed by atoms with van der Waals surface area (Å²) in [5, 5.41) is 7.75. The van der Waals surface area contributed by atoms with E-state index in [4.69, 9.17) is 9.88 Å². The second-order valence-corrected chi connectivity index (χ2v) is 7.79. The highest BCUT2D eigenvalue weighted by atomic mass is 32.2. The summed E-state index contributed by atoms with van der Waals surface area (Å²) in [7, 11) is -4.82. The molecular formula is C12H16N2O5S2. The number of carbonyl (C=O) groups is 1. The molecule has 1 aliphatic rings. The molecular weight excluding hydrogens is 316 g/mol. The highest BCUT2D eigenvalue weighted by molar-refractivity contribution is 7.89. The van der Waals surface area contributed by atoms with E-state index in [0.717, 1.165) is 0 Å². The van der Waals surface area contributed by atoms with E-state index in [9.17, 15) is 17.4 Å². The summed E-state index contributed by atoms with van der Waals surface area (Å²) in [6, 6.07) is 4.19. The first-order valence-corrected chi connectivity index (χ1v) is 9.43. The second-order valence-electron chi connectivity index (χ2n) is 4.68. The Labute approximate surface area is 125 Å². The number of amides is 1. The molecule has 1 amide bonds. The molecule has 0 saturated heterocycles. The molecule has 2 unspecified atom stereocenters. The smallest absolute Gasteiger partial charge is 0.238 e. The number of hydrogen-bond acceptors (Lipinski definition) is 5. The maximum atomic E-state index is 12.1. The van der Waals surface area contributed by atoms with Gasteiger partial charge in [-0.2, -0.15) is 0 Å². The first-order chi connectivity index (χ1) is 9.79. The molecule has 2 rings (SSSR count). The number of sulfonamides is 1. The maximum absolute atomic E-state index is 12.1. The van der Waals surface area contributed by atoms with E-state index in [1.54, 1.807) is 6.26 Å². The molecule has 0 fully saturated rings. The number of nitrogens with two attached hydrogens (primary N) is 1. The average Bonchev–Trinajstić information content (AvgIpc) is 2.79. The largest absolute Gasteiger partial charge is 0.492 e. The van der Waals surface area contributed by atoms with Crippen molar-refractivity contribution in [1.82, 2.24) is 5.32 Å². The zero-order valence-corrected chi connectivity index (χ0v) is 13.0. The van der Waals surface area contributed by atoms with Crippen LogP contribution in [0.1, 0.15) is 11.5 Å². The summed E-state index contributed by atoms with van der Waals surface area (Å²) in [6.45, 7) is 0.438. The topological polar surface area (TPSA) is 116 Å². The summed E-state index contributed by atoms with van der Waals surface area (Å²) < 4.78 is 39.0. The molecule has 2 atom stereocenters. The first kappa shape index (κ1) is 15.9. The molecule has 0 saturated carbocycles. The van der Waals surface area contributed by atoms with Gasteiger partial charge in [-0.05, 0) is 18.2 Å². The molecule has 0 spiro atoms. The molecule has 116 valence electrons. The van der Waals surface area contributed by atoms with Gasteiger partial charge in [0, 0.05) is 34.9 Å². The summed E-state index contributed by atoms with van der Waals surface area (Å²) in [6.07, 6.45) is 1.55. The molecule has 7 nitrogen and oxygen atoms in total. The van der Waals surface area contributed by atoms with Gasteiger partial charge in [-0.15, -0.1) is 0 Å². The first-order valence-electron chi connectivity index (χ1n) is 6.16. The average molecular weight is 332 g/mol. The van der Waals surface area contributed by atoms with Crippen molar-refractivity contribution in [2.24, 2.45) is 5.14 Å². The van der Waals surface area contributed by atoms with Crippen molar-refractivity contribution < 1.29 is 22.2 Å². The minimum Gasteiger partial charge on any atom is -0.492 e. The Kier molecular flexibility index (Phi) is 4.64. The number of carbonyl (C=O) groups excluding carboxylic acids is 1. The van der Waals surface area contributed by atoms with Crippen molar-refractivity contribution in [2.75, 3.05) is 25.2 Å². The summed E-state index contributed by atoms with van der Waals surface area (Å²) in [4.78, 5) is 12.0. The van der Waals surface area contributed by atoms with Gasteiger partial charge in [0.05, 0.1) is 4.90 Å². The van der Waals surface area contributed by atoms with Crippen LogP contribution in [0, 0.1) is 0 Å². The standard InChI is InChI=1S/C12H16N2O5S2/c1-20(16)5-4-14-12(15)10-7-19-11-3-2-8(6-9(10)11)21(13,17)18/h2-3,6,10H,4-5,7H2,1H3,(H,14,15)(H2,13,17,18). The Morgan fingerprint density at radius 1 is 1.52 bits per heavy atom. The minimum atomic E-state index is -3.83. The van der Waals surface area contributed by atoms with Crippen LogP contribution in [0.2, 0.25) is 0 Å². The molecule has 1 heterocycles. The lowest BCUT2D eigenvalue weighted by molar-refractivity contribution is -0.122. The fourth-order valence-electron chi connectivity index (χ4n) is 2.03. The Balaban J connectivity index is 2.17. The van der Waals surface area contributed by atoms with E-state index < -0.39 is 26.7 Å². The Morgan fingerprint density at radius 3 is 2.86 bits per heavy atom. The van der Waals surface area contributed by atoms with E-state index in [1.165, 1.54) is 18.2 Å². The third kappa shape index (κ3) is 3.80.